The van der Waals surface area contributed by atoms with Crippen molar-refractivity contribution in [1.82, 2.24) is 9.62 Å². The van der Waals surface area contributed by atoms with E-state index in [1.165, 1.54) is 16.4 Å². The lowest BCUT2D eigenvalue weighted by Gasteiger charge is -2.26. The number of carbonyl (C=O) groups excluding carboxylic acids is 1. The molecule has 1 amide bonds. The maximum Gasteiger partial charge on any atom is 0.243 e. The molecular formula is C17H23N3O4S2. The molecule has 0 radical (unpaired) electrons. The van der Waals surface area contributed by atoms with Gasteiger partial charge in [-0.1, -0.05) is 12.8 Å². The van der Waals surface area contributed by atoms with Gasteiger partial charge in [0.2, 0.25) is 15.9 Å². The van der Waals surface area contributed by atoms with Crippen LogP contribution in [0.4, 0.5) is 5.69 Å². The number of hydrogen-bond acceptors (Lipinski definition) is 5. The van der Waals surface area contributed by atoms with Crippen LogP contribution in [0.15, 0.2) is 29.2 Å². The molecule has 142 valence electrons. The third kappa shape index (κ3) is 4.59. The molecule has 26 heavy (non-hydrogen) atoms. The summed E-state index contributed by atoms with van der Waals surface area (Å²) in [5.74, 6) is -0.0118. The van der Waals surface area contributed by atoms with E-state index in [0.717, 1.165) is 25.7 Å². The molecule has 0 atom stereocenters. The Bertz CT molecular complexity index is 753. The summed E-state index contributed by atoms with van der Waals surface area (Å²) >= 11 is 5.17. The maximum atomic E-state index is 12.6. The second-order valence-electron chi connectivity index (χ2n) is 6.47. The van der Waals surface area contributed by atoms with E-state index in [-0.39, 0.29) is 21.8 Å². The Balaban J connectivity index is 1.58. The number of sulfonamides is 1. The van der Waals surface area contributed by atoms with Gasteiger partial charge >= 0.3 is 0 Å². The number of thiocarbonyl (C=S) groups is 1. The zero-order valence-corrected chi connectivity index (χ0v) is 16.1. The fraction of sp³-hybridized carbons (Fsp3) is 0.529. The van der Waals surface area contributed by atoms with Crippen LogP contribution in [0.25, 0.3) is 0 Å². The first-order valence-corrected chi connectivity index (χ1v) is 10.6. The number of benzene rings is 1. The van der Waals surface area contributed by atoms with Gasteiger partial charge in [-0.3, -0.25) is 4.79 Å². The summed E-state index contributed by atoms with van der Waals surface area (Å²) in [6.45, 7) is 1.54. The molecule has 7 nitrogen and oxygen atoms in total. The lowest BCUT2D eigenvalue weighted by molar-refractivity contribution is -0.123. The Hall–Kier alpha value is -1.55. The molecule has 1 saturated heterocycles. The molecule has 0 spiro atoms. The minimum absolute atomic E-state index is 0.0378. The van der Waals surface area contributed by atoms with Crippen molar-refractivity contribution in [3.8, 4) is 0 Å². The zero-order chi connectivity index (χ0) is 18.6. The van der Waals surface area contributed by atoms with Gasteiger partial charge in [-0.05, 0) is 49.3 Å². The van der Waals surface area contributed by atoms with Crippen molar-refractivity contribution in [3.63, 3.8) is 0 Å². The van der Waals surface area contributed by atoms with Gasteiger partial charge in [0.1, 0.15) is 0 Å². The molecule has 1 aromatic carbocycles. The van der Waals surface area contributed by atoms with Gasteiger partial charge in [-0.2, -0.15) is 4.31 Å². The molecule has 2 fully saturated rings. The number of amides is 1. The fourth-order valence-corrected chi connectivity index (χ4v) is 4.84. The van der Waals surface area contributed by atoms with E-state index >= 15 is 0 Å². The SMILES string of the molecule is O=C(NC(=S)Nc1ccc(S(=O)(=O)N2CCOCC2)cc1)C1CCCC1. The normalized spacial score (nSPS) is 19.2. The average Bonchev–Trinajstić information content (AvgIpc) is 3.18. The largest absolute Gasteiger partial charge is 0.379 e. The van der Waals surface area contributed by atoms with Crippen LogP contribution in [0.2, 0.25) is 0 Å². The van der Waals surface area contributed by atoms with E-state index in [9.17, 15) is 13.2 Å². The maximum absolute atomic E-state index is 12.6. The van der Waals surface area contributed by atoms with Crippen LogP contribution < -0.4 is 10.6 Å². The molecule has 0 bridgehead atoms. The lowest BCUT2D eigenvalue weighted by atomic mass is 10.1. The number of morpholine rings is 1. The summed E-state index contributed by atoms with van der Waals surface area (Å²) in [4.78, 5) is 12.3. The molecule has 2 N–H and O–H groups in total. The van der Waals surface area contributed by atoms with E-state index in [1.807, 2.05) is 0 Å². The van der Waals surface area contributed by atoms with E-state index in [4.69, 9.17) is 17.0 Å². The third-order valence-electron chi connectivity index (χ3n) is 4.68. The van der Waals surface area contributed by atoms with E-state index in [1.54, 1.807) is 12.1 Å². The summed E-state index contributed by atoms with van der Waals surface area (Å²) in [6, 6.07) is 6.35. The molecule has 1 saturated carbocycles. The minimum Gasteiger partial charge on any atom is -0.379 e. The lowest BCUT2D eigenvalue weighted by Crippen LogP contribution is -2.40. The minimum atomic E-state index is -3.51. The van der Waals surface area contributed by atoms with Crippen LogP contribution in [0.5, 0.6) is 0 Å². The van der Waals surface area contributed by atoms with Gasteiger partial charge < -0.3 is 15.4 Å². The highest BCUT2D eigenvalue weighted by molar-refractivity contribution is 7.89. The molecular weight excluding hydrogens is 374 g/mol. The van der Waals surface area contributed by atoms with Crippen molar-refractivity contribution in [2.45, 2.75) is 30.6 Å². The number of ether oxygens (including phenoxy) is 1. The smallest absolute Gasteiger partial charge is 0.243 e. The quantitative estimate of drug-likeness (QED) is 0.752. The number of nitrogens with zero attached hydrogens (tertiary/aromatic N) is 1. The van der Waals surface area contributed by atoms with E-state index in [0.29, 0.717) is 32.0 Å². The molecule has 3 rings (SSSR count). The summed E-state index contributed by atoms with van der Waals surface area (Å²) in [5, 5.41) is 5.86. The monoisotopic (exact) mass is 397 g/mol. The fourth-order valence-electron chi connectivity index (χ4n) is 3.21. The summed E-state index contributed by atoms with van der Waals surface area (Å²) in [7, 11) is -3.51. The highest BCUT2D eigenvalue weighted by atomic mass is 32.2. The molecule has 2 aliphatic rings. The molecule has 1 aromatic rings. The molecule has 1 aliphatic carbocycles. The molecule has 0 unspecified atom stereocenters. The number of rotatable bonds is 4. The van der Waals surface area contributed by atoms with Crippen molar-refractivity contribution in [1.29, 1.82) is 0 Å². The Morgan fingerprint density at radius 1 is 1.12 bits per heavy atom. The molecule has 0 aromatic heterocycles. The Morgan fingerprint density at radius 3 is 2.35 bits per heavy atom. The number of anilines is 1. The van der Waals surface area contributed by atoms with Gasteiger partial charge in [0, 0.05) is 24.7 Å². The Morgan fingerprint density at radius 2 is 1.73 bits per heavy atom. The van der Waals surface area contributed by atoms with Gasteiger partial charge in [0.25, 0.3) is 0 Å². The second-order valence-corrected chi connectivity index (χ2v) is 8.81. The van der Waals surface area contributed by atoms with Crippen LogP contribution in [-0.2, 0) is 19.6 Å². The highest BCUT2D eigenvalue weighted by Gasteiger charge is 2.26. The van der Waals surface area contributed by atoms with Crippen LogP contribution in [0.1, 0.15) is 25.7 Å². The first kappa shape index (κ1) is 19.2. The zero-order valence-electron chi connectivity index (χ0n) is 14.4. The number of nitrogens with one attached hydrogen (secondary N) is 2. The predicted octanol–water partition coefficient (Wildman–Crippen LogP) is 1.71. The molecule has 9 heteroatoms. The van der Waals surface area contributed by atoms with Crippen molar-refractivity contribution in [2.75, 3.05) is 31.6 Å². The van der Waals surface area contributed by atoms with Crippen molar-refractivity contribution >= 4 is 38.9 Å². The third-order valence-corrected chi connectivity index (χ3v) is 6.80. The molecule has 1 aliphatic heterocycles. The van der Waals surface area contributed by atoms with Crippen molar-refractivity contribution < 1.29 is 17.9 Å². The van der Waals surface area contributed by atoms with Crippen molar-refractivity contribution in [3.05, 3.63) is 24.3 Å². The standard InChI is InChI=1S/C17H23N3O4S2/c21-16(13-3-1-2-4-13)19-17(25)18-14-5-7-15(8-6-14)26(22,23)20-9-11-24-12-10-20/h5-8,13H,1-4,9-12H2,(H2,18,19,21,25). The van der Waals surface area contributed by atoms with Crippen molar-refractivity contribution in [2.24, 2.45) is 5.92 Å². The van der Waals surface area contributed by atoms with Gasteiger partial charge in [-0.15, -0.1) is 0 Å². The average molecular weight is 398 g/mol. The van der Waals surface area contributed by atoms with Crippen LogP contribution in [0.3, 0.4) is 0 Å². The first-order chi connectivity index (χ1) is 12.5. The predicted molar refractivity (Wildman–Crippen MR) is 102 cm³/mol. The second kappa shape index (κ2) is 8.43. The Kier molecular flexibility index (Phi) is 6.23. The highest BCUT2D eigenvalue weighted by Crippen LogP contribution is 2.24. The summed E-state index contributed by atoms with van der Waals surface area (Å²) < 4.78 is 31.8. The number of carbonyl (C=O) groups is 1. The van der Waals surface area contributed by atoms with Crippen LogP contribution >= 0.6 is 12.2 Å². The first-order valence-electron chi connectivity index (χ1n) is 8.76. The summed E-state index contributed by atoms with van der Waals surface area (Å²) in [6.07, 6.45) is 3.97. The van der Waals surface area contributed by atoms with Gasteiger partial charge in [0.15, 0.2) is 5.11 Å². The topological polar surface area (TPSA) is 87.7 Å². The Labute approximate surface area is 159 Å². The van der Waals surface area contributed by atoms with Gasteiger partial charge in [0.05, 0.1) is 18.1 Å². The van der Waals surface area contributed by atoms with Crippen LogP contribution in [-0.4, -0.2) is 50.0 Å². The van der Waals surface area contributed by atoms with Gasteiger partial charge in [-0.25, -0.2) is 8.42 Å². The molecule has 1 heterocycles. The summed E-state index contributed by atoms with van der Waals surface area (Å²) in [5.41, 5.74) is 0.627. The van der Waals surface area contributed by atoms with E-state index in [2.05, 4.69) is 10.6 Å². The van der Waals surface area contributed by atoms with Crippen LogP contribution in [0, 0.1) is 5.92 Å². The number of hydrogen-bond donors (Lipinski definition) is 2. The van der Waals surface area contributed by atoms with E-state index < -0.39 is 10.0 Å².